The molecular weight excluding hydrogens is 256 g/mol. The molecule has 0 aliphatic heterocycles. The van der Waals surface area contributed by atoms with E-state index in [1.807, 2.05) is 18.2 Å². The van der Waals surface area contributed by atoms with Gasteiger partial charge in [0.25, 0.3) is 0 Å². The Morgan fingerprint density at radius 2 is 2.11 bits per heavy atom. The molecule has 3 nitrogen and oxygen atoms in total. The first kappa shape index (κ1) is 14.2. The normalized spacial score (nSPS) is 12.5. The van der Waals surface area contributed by atoms with Crippen molar-refractivity contribution in [1.29, 1.82) is 0 Å². The number of hydrogen-bond donors (Lipinski definition) is 2. The van der Waals surface area contributed by atoms with Crippen molar-refractivity contribution in [2.45, 2.75) is 19.9 Å². The molecule has 0 saturated heterocycles. The smallest absolute Gasteiger partial charge is 0.107 e. The molecule has 0 aliphatic rings. The average Bonchev–Trinajstić information content (AvgIpc) is 2.89. The Kier molecular flexibility index (Phi) is 5.51. The van der Waals surface area contributed by atoms with Gasteiger partial charge in [-0.3, -0.25) is 0 Å². The predicted octanol–water partition coefficient (Wildman–Crippen LogP) is 2.92. The molecule has 0 spiro atoms. The molecule has 0 radical (unpaired) electrons. The van der Waals surface area contributed by atoms with Crippen LogP contribution in [-0.2, 0) is 6.54 Å². The Hall–Kier alpha value is -1.23. The second-order valence-electron chi connectivity index (χ2n) is 4.74. The number of aromatic nitrogens is 1. The molecule has 2 rings (SSSR count). The quantitative estimate of drug-likeness (QED) is 0.817. The van der Waals surface area contributed by atoms with Crippen LogP contribution in [0.25, 0.3) is 11.3 Å². The topological polar surface area (TPSA) is 45.1 Å². The maximum Gasteiger partial charge on any atom is 0.107 e. The van der Waals surface area contributed by atoms with Gasteiger partial charge in [0, 0.05) is 24.1 Å². The zero-order valence-corrected chi connectivity index (χ0v) is 12.0. The van der Waals surface area contributed by atoms with Gasteiger partial charge in [-0.15, -0.1) is 11.3 Å². The largest absolute Gasteiger partial charge is 0.396 e. The van der Waals surface area contributed by atoms with E-state index in [4.69, 9.17) is 5.11 Å². The van der Waals surface area contributed by atoms with Gasteiger partial charge in [-0.2, -0.15) is 0 Å². The molecule has 2 N–H and O–H groups in total. The molecule has 0 fully saturated rings. The molecule has 19 heavy (non-hydrogen) atoms. The second-order valence-corrected chi connectivity index (χ2v) is 5.68. The first-order chi connectivity index (χ1) is 9.29. The molecule has 4 heteroatoms. The second kappa shape index (κ2) is 7.38. The maximum atomic E-state index is 8.84. The van der Waals surface area contributed by atoms with Crippen LogP contribution in [0, 0.1) is 5.92 Å². The summed E-state index contributed by atoms with van der Waals surface area (Å²) in [5.41, 5.74) is 2.21. The van der Waals surface area contributed by atoms with Crippen LogP contribution in [0.1, 0.15) is 18.4 Å². The lowest BCUT2D eigenvalue weighted by Crippen LogP contribution is -2.21. The van der Waals surface area contributed by atoms with Gasteiger partial charge in [-0.25, -0.2) is 4.98 Å². The van der Waals surface area contributed by atoms with Gasteiger partial charge in [-0.1, -0.05) is 37.3 Å². The molecule has 0 bridgehead atoms. The molecule has 1 unspecified atom stereocenters. The lowest BCUT2D eigenvalue weighted by Gasteiger charge is -2.09. The zero-order valence-electron chi connectivity index (χ0n) is 11.2. The van der Waals surface area contributed by atoms with E-state index < -0.39 is 0 Å². The van der Waals surface area contributed by atoms with Crippen LogP contribution < -0.4 is 5.32 Å². The summed E-state index contributed by atoms with van der Waals surface area (Å²) in [6.07, 6.45) is 0.847. The first-order valence-electron chi connectivity index (χ1n) is 6.61. The highest BCUT2D eigenvalue weighted by Crippen LogP contribution is 2.21. The number of nitrogens with one attached hydrogen (secondary N) is 1. The van der Waals surface area contributed by atoms with E-state index in [1.54, 1.807) is 11.3 Å². The number of rotatable bonds is 7. The molecule has 0 aliphatic carbocycles. The molecule has 2 aromatic rings. The van der Waals surface area contributed by atoms with E-state index in [1.165, 1.54) is 5.56 Å². The molecule has 1 atom stereocenters. The molecular formula is C15H20N2OS. The average molecular weight is 276 g/mol. The minimum atomic E-state index is 0.262. The van der Waals surface area contributed by atoms with E-state index in [2.05, 4.69) is 34.7 Å². The third-order valence-electron chi connectivity index (χ3n) is 3.01. The van der Waals surface area contributed by atoms with Crippen LogP contribution in [0.2, 0.25) is 0 Å². The third kappa shape index (κ3) is 4.42. The Labute approximate surface area is 118 Å². The van der Waals surface area contributed by atoms with Crippen molar-refractivity contribution < 1.29 is 5.11 Å². The highest BCUT2D eigenvalue weighted by atomic mass is 32.1. The molecule has 1 heterocycles. The standard InChI is InChI=1S/C15H20N2OS/c1-12(7-8-18)9-16-10-15-17-14(11-19-15)13-5-3-2-4-6-13/h2-6,11-12,16,18H,7-10H2,1H3. The van der Waals surface area contributed by atoms with Crippen molar-refractivity contribution in [2.24, 2.45) is 5.92 Å². The molecule has 1 aromatic heterocycles. The number of benzene rings is 1. The summed E-state index contributed by atoms with van der Waals surface area (Å²) in [6.45, 7) is 4.12. The van der Waals surface area contributed by atoms with E-state index in [-0.39, 0.29) is 6.61 Å². The van der Waals surface area contributed by atoms with Gasteiger partial charge in [-0.05, 0) is 18.9 Å². The Morgan fingerprint density at radius 1 is 1.32 bits per heavy atom. The van der Waals surface area contributed by atoms with Crippen LogP contribution in [-0.4, -0.2) is 23.2 Å². The third-order valence-corrected chi connectivity index (χ3v) is 3.86. The summed E-state index contributed by atoms with van der Waals surface area (Å²) in [4.78, 5) is 4.63. The molecule has 102 valence electrons. The highest BCUT2D eigenvalue weighted by Gasteiger charge is 2.05. The lowest BCUT2D eigenvalue weighted by atomic mass is 10.1. The number of hydrogen-bond acceptors (Lipinski definition) is 4. The Balaban J connectivity index is 1.85. The summed E-state index contributed by atoms with van der Waals surface area (Å²) in [5.74, 6) is 0.499. The van der Waals surface area contributed by atoms with E-state index in [9.17, 15) is 0 Å². The summed E-state index contributed by atoms with van der Waals surface area (Å²) in [7, 11) is 0. The molecule has 0 amide bonds. The first-order valence-corrected chi connectivity index (χ1v) is 7.49. The minimum absolute atomic E-state index is 0.262. The SMILES string of the molecule is CC(CCO)CNCc1nc(-c2ccccc2)cs1. The van der Waals surface area contributed by atoms with Crippen LogP contribution in [0.5, 0.6) is 0 Å². The molecule has 0 saturated carbocycles. The van der Waals surface area contributed by atoms with Gasteiger partial charge in [0.05, 0.1) is 5.69 Å². The lowest BCUT2D eigenvalue weighted by molar-refractivity contribution is 0.260. The van der Waals surface area contributed by atoms with Crippen molar-refractivity contribution in [3.05, 3.63) is 40.7 Å². The number of thiazole rings is 1. The number of aliphatic hydroxyl groups is 1. The van der Waals surface area contributed by atoms with E-state index in [0.29, 0.717) is 5.92 Å². The van der Waals surface area contributed by atoms with Gasteiger partial charge in [0.1, 0.15) is 5.01 Å². The van der Waals surface area contributed by atoms with Crippen molar-refractivity contribution in [2.75, 3.05) is 13.2 Å². The molecule has 1 aromatic carbocycles. The van der Waals surface area contributed by atoms with Crippen molar-refractivity contribution in [3.63, 3.8) is 0 Å². The zero-order chi connectivity index (χ0) is 13.5. The summed E-state index contributed by atoms with van der Waals surface area (Å²) >= 11 is 1.69. The van der Waals surface area contributed by atoms with Crippen LogP contribution in [0.4, 0.5) is 0 Å². The minimum Gasteiger partial charge on any atom is -0.396 e. The van der Waals surface area contributed by atoms with Gasteiger partial charge in [0.2, 0.25) is 0 Å². The van der Waals surface area contributed by atoms with Crippen LogP contribution in [0.15, 0.2) is 35.7 Å². The summed E-state index contributed by atoms with van der Waals surface area (Å²) in [6, 6.07) is 10.2. The fourth-order valence-corrected chi connectivity index (χ4v) is 2.65. The van der Waals surface area contributed by atoms with Crippen molar-refractivity contribution >= 4 is 11.3 Å². The summed E-state index contributed by atoms with van der Waals surface area (Å²) < 4.78 is 0. The van der Waals surface area contributed by atoms with Crippen LogP contribution >= 0.6 is 11.3 Å². The van der Waals surface area contributed by atoms with Crippen molar-refractivity contribution in [1.82, 2.24) is 10.3 Å². The fraction of sp³-hybridized carbons (Fsp3) is 0.400. The van der Waals surface area contributed by atoms with Crippen LogP contribution in [0.3, 0.4) is 0 Å². The van der Waals surface area contributed by atoms with Gasteiger partial charge in [0.15, 0.2) is 0 Å². The number of nitrogens with zero attached hydrogens (tertiary/aromatic N) is 1. The van der Waals surface area contributed by atoms with Crippen molar-refractivity contribution in [3.8, 4) is 11.3 Å². The van der Waals surface area contributed by atoms with E-state index >= 15 is 0 Å². The van der Waals surface area contributed by atoms with Gasteiger partial charge < -0.3 is 10.4 Å². The monoisotopic (exact) mass is 276 g/mol. The fourth-order valence-electron chi connectivity index (χ4n) is 1.88. The predicted molar refractivity (Wildman–Crippen MR) is 80.1 cm³/mol. The van der Waals surface area contributed by atoms with E-state index in [0.717, 1.165) is 30.2 Å². The summed E-state index contributed by atoms with van der Waals surface area (Å²) in [5, 5.41) is 15.4. The van der Waals surface area contributed by atoms with Gasteiger partial charge >= 0.3 is 0 Å². The maximum absolute atomic E-state index is 8.84. The highest BCUT2D eigenvalue weighted by molar-refractivity contribution is 7.09. The Morgan fingerprint density at radius 3 is 2.84 bits per heavy atom. The number of aliphatic hydroxyl groups excluding tert-OH is 1. The Bertz CT molecular complexity index is 484.